The maximum Gasteiger partial charge on any atom is 0.325 e. The number of carbonyl (C=O) groups excluding carboxylic acids is 6. The fraction of sp³-hybridized carbons (Fsp3) is 0.667. The zero-order chi connectivity index (χ0) is 57.6. The van der Waals surface area contributed by atoms with Crippen molar-refractivity contribution >= 4 is 35.4 Å². The molecule has 9 N–H and O–H groups in total. The largest absolute Gasteiger partial charge is 0.508 e. The third-order valence-electron chi connectivity index (χ3n) is 16.5. The van der Waals surface area contributed by atoms with E-state index >= 15 is 0 Å². The van der Waals surface area contributed by atoms with Crippen molar-refractivity contribution in [2.24, 2.45) is 41.4 Å². The van der Waals surface area contributed by atoms with Gasteiger partial charge in [0, 0.05) is 55.9 Å². The Morgan fingerprint density at radius 2 is 1.72 bits per heavy atom. The van der Waals surface area contributed by atoms with E-state index < -0.39 is 95.8 Å². The van der Waals surface area contributed by atoms with Crippen molar-refractivity contribution in [2.45, 2.75) is 207 Å². The third kappa shape index (κ3) is 17.1. The minimum absolute atomic E-state index is 0.00118. The van der Waals surface area contributed by atoms with Crippen LogP contribution in [0.25, 0.3) is 0 Å². The normalized spacial score (nSPS) is 33.3. The van der Waals surface area contributed by atoms with Gasteiger partial charge in [0.25, 0.3) is 5.91 Å². The number of aliphatic hydroxyl groups is 4. The molecule has 1 spiro atoms. The van der Waals surface area contributed by atoms with Crippen LogP contribution in [0.1, 0.15) is 145 Å². The van der Waals surface area contributed by atoms with E-state index in [1.165, 1.54) is 30.1 Å². The summed E-state index contributed by atoms with van der Waals surface area (Å²) in [5.41, 5.74) is 4.25. The maximum atomic E-state index is 14.5. The molecule has 0 radical (unpaired) electrons. The van der Waals surface area contributed by atoms with Crippen molar-refractivity contribution in [1.29, 1.82) is 0 Å². The fourth-order valence-electron chi connectivity index (χ4n) is 11.2. The number of hydrogen-bond donors (Lipinski definition) is 9. The number of nitrogens with zero attached hydrogens (tertiary/aromatic N) is 1. The predicted molar refractivity (Wildman–Crippen MR) is 295 cm³/mol. The highest BCUT2D eigenvalue weighted by Crippen LogP contribution is 2.43. The van der Waals surface area contributed by atoms with Crippen molar-refractivity contribution < 1.29 is 63.8 Å². The van der Waals surface area contributed by atoms with Crippen LogP contribution in [0.2, 0.25) is 0 Å². The zero-order valence-electron chi connectivity index (χ0n) is 47.7. The van der Waals surface area contributed by atoms with E-state index in [9.17, 15) is 54.3 Å². The molecule has 434 valence electrons. The predicted octanol–water partition coefficient (Wildman–Crippen LogP) is 5.55. The SMILES string of the molecule is CC[C@H]1C[C@H](C)[C@@]2(NC1=O)O[C@@H](C[C@H](O)[C@@H](C)CCC=CC=C(C)[C@@H]1CC(O)CC=C[C@H](O)[C@H](C)[C@@H](O)[C@@H](CCC(C)=O)C(=O)N[C@@H](C(C)C)C(=O)N[C@@H](Cc3cccc(O)c3)C(=O)N3CCCC(N3)C(=O)O1)[C@H](C)C=C2C. The molecule has 0 aliphatic carbocycles. The lowest BCUT2D eigenvalue weighted by Gasteiger charge is -2.51. The topological polar surface area (TPSA) is 273 Å². The van der Waals surface area contributed by atoms with Crippen LogP contribution in [-0.4, -0.2) is 133 Å². The number of piperidine rings is 1. The highest BCUT2D eigenvalue weighted by molar-refractivity contribution is 5.93. The van der Waals surface area contributed by atoms with E-state index in [0.29, 0.717) is 43.2 Å². The first-order chi connectivity index (χ1) is 36.8. The van der Waals surface area contributed by atoms with Gasteiger partial charge in [-0.1, -0.05) is 97.1 Å². The van der Waals surface area contributed by atoms with Crippen molar-refractivity contribution in [1.82, 2.24) is 26.4 Å². The molecule has 4 amide bonds. The number of fused-ring (bicyclic) bond motifs is 2. The number of rotatable bonds is 15. The standard InChI is InChI=1S/C60H91N5O13/c1-11-43-29-39(8)60(63-55(43)72)38(7)28-37(6)52(78-60)33-50(70)35(4)18-13-12-14-19-36(5)51-32-45(68)22-16-24-49(69)41(10)54(71)46(26-25-40(9)66)56(73)62-53(34(2)3)57(74)61-48(31-42-20-15-21-44(67)30-42)58(75)65-27-17-23-47(64-65)59(76)77-51/h12,14-16,19-21,24,28,30,34-35,37,39,41,43,45-54,64,67-71H,11,13,17-18,22-23,25-27,29,31-33H2,1-10H3,(H,61,74)(H,62,73)(H,63,72)/t35-,37+,39-,41-,43-,45?,46+,47?,48-,49-,50-,51-,52-,53-,54+,60-/m0/s1. The summed E-state index contributed by atoms with van der Waals surface area (Å²) < 4.78 is 12.9. The number of cyclic esters (lactones) is 1. The molecule has 0 saturated carbocycles. The molecule has 18 nitrogen and oxygen atoms in total. The van der Waals surface area contributed by atoms with Gasteiger partial charge in [-0.25, -0.2) is 5.43 Å². The average molecular weight is 1090 g/mol. The Hall–Kier alpha value is -5.24. The first-order valence-corrected chi connectivity index (χ1v) is 28.4. The van der Waals surface area contributed by atoms with Crippen LogP contribution in [0.3, 0.4) is 0 Å². The Kier molecular flexibility index (Phi) is 23.9. The second-order valence-electron chi connectivity index (χ2n) is 23.2. The van der Waals surface area contributed by atoms with Gasteiger partial charge in [-0.3, -0.25) is 29.0 Å². The van der Waals surface area contributed by atoms with Gasteiger partial charge in [0.05, 0.1) is 36.4 Å². The minimum atomic E-state index is -1.47. The number of phenolic OH excluding ortho intramolecular Hbond substituents is 1. The fourth-order valence-corrected chi connectivity index (χ4v) is 11.2. The molecule has 78 heavy (non-hydrogen) atoms. The molecule has 2 fully saturated rings. The molecule has 5 rings (SSSR count). The Morgan fingerprint density at radius 1 is 0.987 bits per heavy atom. The van der Waals surface area contributed by atoms with Gasteiger partial charge in [0.2, 0.25) is 17.7 Å². The number of aromatic hydroxyl groups is 1. The molecule has 18 heteroatoms. The summed E-state index contributed by atoms with van der Waals surface area (Å²) in [7, 11) is 0. The lowest BCUT2D eigenvalue weighted by molar-refractivity contribution is -0.179. The summed E-state index contributed by atoms with van der Waals surface area (Å²) in [6.07, 6.45) is 8.65. The second kappa shape index (κ2) is 29.3. The van der Waals surface area contributed by atoms with Crippen LogP contribution in [0, 0.1) is 41.4 Å². The molecule has 4 heterocycles. The Morgan fingerprint density at radius 3 is 2.40 bits per heavy atom. The average Bonchev–Trinajstić information content (AvgIpc) is 3.38. The molecular weight excluding hydrogens is 999 g/mol. The lowest BCUT2D eigenvalue weighted by atomic mass is 9.75. The van der Waals surface area contributed by atoms with Gasteiger partial charge in [-0.05, 0) is 113 Å². The number of hydrogen-bond acceptors (Lipinski definition) is 14. The molecule has 4 aliphatic heterocycles. The van der Waals surface area contributed by atoms with Gasteiger partial charge < -0.3 is 55.8 Å². The Balaban J connectivity index is 1.35. The quantitative estimate of drug-likeness (QED) is 0.0592. The molecule has 1 aromatic carbocycles. The first-order valence-electron chi connectivity index (χ1n) is 28.4. The van der Waals surface area contributed by atoms with Crippen LogP contribution in [0.15, 0.2) is 71.9 Å². The summed E-state index contributed by atoms with van der Waals surface area (Å²) in [6, 6.07) is 2.78. The summed E-state index contributed by atoms with van der Waals surface area (Å²) in [4.78, 5) is 82.2. The summed E-state index contributed by atoms with van der Waals surface area (Å²) >= 11 is 0. The van der Waals surface area contributed by atoms with Crippen LogP contribution < -0.4 is 21.4 Å². The van der Waals surface area contributed by atoms with Gasteiger partial charge in [0.15, 0.2) is 5.72 Å². The highest BCUT2D eigenvalue weighted by Gasteiger charge is 2.51. The molecule has 2 bridgehead atoms. The lowest BCUT2D eigenvalue weighted by Crippen LogP contribution is -2.64. The van der Waals surface area contributed by atoms with E-state index in [4.69, 9.17) is 9.47 Å². The van der Waals surface area contributed by atoms with Gasteiger partial charge in [-0.15, -0.1) is 0 Å². The number of hydrazine groups is 1. The van der Waals surface area contributed by atoms with Crippen LogP contribution in [0.5, 0.6) is 5.75 Å². The number of phenols is 1. The van der Waals surface area contributed by atoms with E-state index in [1.54, 1.807) is 52.0 Å². The van der Waals surface area contributed by atoms with Gasteiger partial charge >= 0.3 is 5.97 Å². The van der Waals surface area contributed by atoms with E-state index in [-0.39, 0.29) is 85.9 Å². The van der Waals surface area contributed by atoms with Crippen LogP contribution in [0.4, 0.5) is 0 Å². The molecule has 1 aromatic rings. The zero-order valence-corrected chi connectivity index (χ0v) is 47.7. The molecule has 2 saturated heterocycles. The number of allylic oxidation sites excluding steroid dienone is 3. The van der Waals surface area contributed by atoms with Crippen molar-refractivity contribution in [2.75, 3.05) is 6.54 Å². The number of nitrogens with one attached hydrogen (secondary N) is 4. The molecule has 4 aliphatic rings. The number of esters is 1. The molecular formula is C60H91N5O13. The summed E-state index contributed by atoms with van der Waals surface area (Å²) in [6.45, 7) is 18.5. The second-order valence-corrected chi connectivity index (χ2v) is 23.2. The van der Waals surface area contributed by atoms with E-state index in [0.717, 1.165) is 18.4 Å². The smallest absolute Gasteiger partial charge is 0.325 e. The van der Waals surface area contributed by atoms with Crippen LogP contribution in [-0.2, 0) is 44.7 Å². The maximum absolute atomic E-state index is 14.5. The first kappa shape index (κ1) is 63.6. The van der Waals surface area contributed by atoms with Crippen molar-refractivity contribution in [3.05, 3.63) is 77.4 Å². The number of aliphatic hydroxyl groups excluding tert-OH is 4. The minimum Gasteiger partial charge on any atom is -0.508 e. The van der Waals surface area contributed by atoms with Gasteiger partial charge in [0.1, 0.15) is 35.8 Å². The molecule has 2 unspecified atom stereocenters. The Labute approximate surface area is 461 Å². The monoisotopic (exact) mass is 1090 g/mol. The summed E-state index contributed by atoms with van der Waals surface area (Å²) in [5, 5.41) is 66.1. The summed E-state index contributed by atoms with van der Waals surface area (Å²) in [5.74, 6) is -5.68. The van der Waals surface area contributed by atoms with E-state index in [1.807, 2.05) is 32.9 Å². The molecule has 16 atom stereocenters. The highest BCUT2D eigenvalue weighted by atomic mass is 16.5. The molecule has 0 aromatic heterocycles. The number of ether oxygens (including phenoxy) is 2. The van der Waals surface area contributed by atoms with Gasteiger partial charge in [-0.2, -0.15) is 0 Å². The number of ketones is 1. The van der Waals surface area contributed by atoms with E-state index in [2.05, 4.69) is 41.3 Å². The van der Waals surface area contributed by atoms with Crippen molar-refractivity contribution in [3.8, 4) is 5.75 Å². The van der Waals surface area contributed by atoms with Crippen LogP contribution >= 0.6 is 0 Å². The Bertz CT molecular complexity index is 2350. The number of carbonyl (C=O) groups is 6. The third-order valence-corrected chi connectivity index (χ3v) is 16.5. The number of amides is 4. The van der Waals surface area contributed by atoms with Crippen molar-refractivity contribution in [3.63, 3.8) is 0 Å². The number of benzene rings is 1. The number of Topliss-reactive ketones (excluding diaryl/α,β-unsaturated/α-hetero) is 1.